The number of nitrogens with two attached hydrogens (primary N) is 1. The van der Waals surface area contributed by atoms with Gasteiger partial charge in [-0.05, 0) is 0 Å². The summed E-state index contributed by atoms with van der Waals surface area (Å²) in [6, 6.07) is 0. The minimum Gasteiger partial charge on any atom is -1.00 e. The van der Waals surface area contributed by atoms with Gasteiger partial charge >= 0.3 is 24.8 Å². The molecule has 0 aromatic heterocycles. The molecule has 0 aromatic carbocycles. The van der Waals surface area contributed by atoms with Gasteiger partial charge in [0.15, 0.2) is 0 Å². The summed E-state index contributed by atoms with van der Waals surface area (Å²) in [6.07, 6.45) is 1.49. The van der Waals surface area contributed by atoms with Crippen LogP contribution < -0.4 is 24.6 Å². The van der Waals surface area contributed by atoms with Crippen LogP contribution in [0.15, 0.2) is 12.7 Å². The van der Waals surface area contributed by atoms with Crippen LogP contribution >= 0.6 is 0 Å². The summed E-state index contributed by atoms with van der Waals surface area (Å²) in [4.78, 5) is 10.2. The third-order valence-electron chi connectivity index (χ3n) is 0.529. The van der Waals surface area contributed by atoms with Crippen molar-refractivity contribution in [2.45, 2.75) is 0 Å². The largest absolute Gasteiger partial charge is 1.00 e. The van der Waals surface area contributed by atoms with Gasteiger partial charge in [-0.3, -0.25) is 4.79 Å². The number of hydrogen-bond acceptors (Lipinski definition) is 3. The third-order valence-corrected chi connectivity index (χ3v) is 0.529. The molecule has 0 atom stereocenters. The van der Waals surface area contributed by atoms with Crippen molar-refractivity contribution in [3.05, 3.63) is 12.7 Å². The molecule has 0 amide bonds. The fourth-order valence-electron chi connectivity index (χ4n) is 0.211. The third kappa shape index (κ3) is 7.77. The Morgan fingerprint density at radius 2 is 2.44 bits per heavy atom. The topological polar surface area (TPSA) is 52.3 Å². The molecule has 0 radical (unpaired) electrons. The molecule has 0 spiro atoms. The first-order valence-corrected chi connectivity index (χ1v) is 2.28. The van der Waals surface area contributed by atoms with Crippen LogP contribution in [0.4, 0.5) is 0 Å². The van der Waals surface area contributed by atoms with Gasteiger partial charge in [-0.2, -0.15) is 0 Å². The van der Waals surface area contributed by atoms with E-state index in [1.807, 2.05) is 0 Å². The number of esters is 1. The first-order valence-electron chi connectivity index (χ1n) is 2.28. The molecule has 0 aliphatic carbocycles. The number of carbonyl (C=O) groups is 1. The molecule has 9 heavy (non-hydrogen) atoms. The Kier molecular flexibility index (Phi) is 9.97. The van der Waals surface area contributed by atoms with Crippen molar-refractivity contribution >= 4 is 5.97 Å². The van der Waals surface area contributed by atoms with Gasteiger partial charge in [0, 0.05) is 0 Å². The predicted octanol–water partition coefficient (Wildman–Crippen LogP) is -3.21. The smallest absolute Gasteiger partial charge is 1.00 e. The molecule has 0 aliphatic rings. The fraction of sp³-hybridized carbons (Fsp3) is 0.400. The van der Waals surface area contributed by atoms with Crippen molar-refractivity contribution in [2.75, 3.05) is 13.2 Å². The Morgan fingerprint density at radius 3 is 2.78 bits per heavy atom. The van der Waals surface area contributed by atoms with Gasteiger partial charge in [0.25, 0.3) is 0 Å². The first kappa shape index (κ1) is 11.5. The summed E-state index contributed by atoms with van der Waals surface area (Å²) >= 11 is 0. The second-order valence-electron chi connectivity index (χ2n) is 1.18. The van der Waals surface area contributed by atoms with Crippen molar-refractivity contribution < 1.29 is 29.8 Å². The monoisotopic (exact) mass is 123 g/mol. The maximum absolute atomic E-state index is 10.2. The van der Waals surface area contributed by atoms with E-state index in [1.54, 1.807) is 0 Å². The van der Waals surface area contributed by atoms with E-state index in [9.17, 15) is 4.79 Å². The van der Waals surface area contributed by atoms with Crippen molar-refractivity contribution in [1.29, 1.82) is 0 Å². The molecule has 0 aliphatic heterocycles. The summed E-state index contributed by atoms with van der Waals surface area (Å²) in [6.45, 7) is 3.53. The molecule has 4 heteroatoms. The van der Waals surface area contributed by atoms with Crippen LogP contribution in [-0.4, -0.2) is 19.1 Å². The molecule has 0 unspecified atom stereocenters. The van der Waals surface area contributed by atoms with E-state index >= 15 is 0 Å². The predicted molar refractivity (Wildman–Crippen MR) is 31.3 cm³/mol. The zero-order valence-electron chi connectivity index (χ0n) is 6.59. The molecule has 0 fully saturated rings. The van der Waals surface area contributed by atoms with Gasteiger partial charge in [-0.25, -0.2) is 0 Å². The van der Waals surface area contributed by atoms with Crippen LogP contribution in [0.5, 0.6) is 0 Å². The molecule has 0 saturated carbocycles. The fourth-order valence-corrected chi connectivity index (χ4v) is 0.211. The van der Waals surface area contributed by atoms with E-state index in [0.717, 1.165) is 0 Å². The molecular weight excluding hydrogens is 113 g/mol. The van der Waals surface area contributed by atoms with Crippen molar-refractivity contribution in [1.82, 2.24) is 0 Å². The molecular formula is C5H10LiNO2. The zero-order chi connectivity index (χ0) is 6.41. The molecule has 0 aromatic rings. The summed E-state index contributed by atoms with van der Waals surface area (Å²) in [5.41, 5.74) is 4.90. The summed E-state index contributed by atoms with van der Waals surface area (Å²) in [7, 11) is 0. The number of carbonyl (C=O) groups excluding carboxylic acids is 1. The average Bonchev–Trinajstić information content (AvgIpc) is 1.83. The van der Waals surface area contributed by atoms with Crippen LogP contribution in [0, 0.1) is 0 Å². The quantitative estimate of drug-likeness (QED) is 0.244. The molecule has 0 rings (SSSR count). The van der Waals surface area contributed by atoms with Crippen molar-refractivity contribution in [2.24, 2.45) is 5.73 Å². The van der Waals surface area contributed by atoms with E-state index in [1.165, 1.54) is 6.08 Å². The standard InChI is InChI=1S/C5H9NO2.Li.H/c1-2-3-8-5(7)4-6;;/h2H,1,3-4,6H2;;/q;+1;-1. The van der Waals surface area contributed by atoms with Gasteiger partial charge in [0.05, 0.1) is 6.54 Å². The Labute approximate surface area is 67.9 Å². The van der Waals surface area contributed by atoms with Gasteiger partial charge in [0.1, 0.15) is 6.61 Å². The number of rotatable bonds is 3. The Bertz CT molecular complexity index is 99.6. The summed E-state index contributed by atoms with van der Waals surface area (Å²) in [5, 5.41) is 0. The molecule has 0 saturated heterocycles. The first-order chi connectivity index (χ1) is 3.81. The number of ether oxygens (including phenoxy) is 1. The molecule has 0 heterocycles. The second-order valence-corrected chi connectivity index (χ2v) is 1.18. The average molecular weight is 123 g/mol. The minimum atomic E-state index is -0.398. The van der Waals surface area contributed by atoms with Crippen LogP contribution in [0.1, 0.15) is 1.43 Å². The maximum atomic E-state index is 10.2. The van der Waals surface area contributed by atoms with Crippen LogP contribution in [0.3, 0.4) is 0 Å². The van der Waals surface area contributed by atoms with Gasteiger partial charge in [0.2, 0.25) is 0 Å². The molecule has 3 nitrogen and oxygen atoms in total. The van der Waals surface area contributed by atoms with Crippen LogP contribution in [-0.2, 0) is 9.53 Å². The summed E-state index contributed by atoms with van der Waals surface area (Å²) in [5.74, 6) is -0.398. The van der Waals surface area contributed by atoms with Crippen molar-refractivity contribution in [3.8, 4) is 0 Å². The van der Waals surface area contributed by atoms with Crippen LogP contribution in [0.25, 0.3) is 0 Å². The van der Waals surface area contributed by atoms with E-state index in [0.29, 0.717) is 0 Å². The second kappa shape index (κ2) is 7.77. The minimum absolute atomic E-state index is 0. The van der Waals surface area contributed by atoms with Gasteiger partial charge in [-0.1, -0.05) is 12.7 Å². The van der Waals surface area contributed by atoms with E-state index in [2.05, 4.69) is 11.3 Å². The molecule has 0 bridgehead atoms. The zero-order valence-corrected chi connectivity index (χ0v) is 5.59. The van der Waals surface area contributed by atoms with Gasteiger partial charge < -0.3 is 11.9 Å². The Hall–Kier alpha value is -0.233. The van der Waals surface area contributed by atoms with E-state index in [-0.39, 0.29) is 33.4 Å². The SMILES string of the molecule is C=CCOC(=O)CN.[H-].[Li+]. The van der Waals surface area contributed by atoms with Crippen molar-refractivity contribution in [3.63, 3.8) is 0 Å². The van der Waals surface area contributed by atoms with E-state index in [4.69, 9.17) is 5.73 Å². The summed E-state index contributed by atoms with van der Waals surface area (Å²) < 4.78 is 4.46. The number of hydrogen-bond donors (Lipinski definition) is 1. The Morgan fingerprint density at radius 1 is 1.89 bits per heavy atom. The molecule has 48 valence electrons. The van der Waals surface area contributed by atoms with Gasteiger partial charge in [-0.15, -0.1) is 0 Å². The normalized spacial score (nSPS) is 7.22. The van der Waals surface area contributed by atoms with E-state index < -0.39 is 5.97 Å². The molecule has 2 N–H and O–H groups in total. The Balaban J connectivity index is -0.000000245. The maximum Gasteiger partial charge on any atom is 1.00 e. The van der Waals surface area contributed by atoms with Crippen LogP contribution in [0.2, 0.25) is 0 Å².